The lowest BCUT2D eigenvalue weighted by Crippen LogP contribution is -2.00. The largest absolute Gasteiger partial charge is 0.494 e. The van der Waals surface area contributed by atoms with E-state index in [1.807, 2.05) is 24.3 Å². The highest BCUT2D eigenvalue weighted by atomic mass is 16.6. The number of benzene rings is 2. The monoisotopic (exact) mass is 430 g/mol. The number of hydrogen-bond donors (Lipinski definition) is 1. The van der Waals surface area contributed by atoms with E-state index in [0.717, 1.165) is 24.2 Å². The first kappa shape index (κ1) is 22.8. The summed E-state index contributed by atoms with van der Waals surface area (Å²) >= 11 is 0. The normalized spacial score (nSPS) is 10.5. The van der Waals surface area contributed by atoms with E-state index in [1.54, 1.807) is 18.2 Å². The van der Waals surface area contributed by atoms with Gasteiger partial charge in [-0.15, -0.1) is 0 Å². The zero-order valence-electron chi connectivity index (χ0n) is 18.1. The lowest BCUT2D eigenvalue weighted by atomic mass is 9.98. The van der Waals surface area contributed by atoms with Crippen LogP contribution in [0.15, 0.2) is 54.6 Å². The van der Waals surface area contributed by atoms with E-state index in [9.17, 15) is 15.4 Å². The number of nitrogens with zero attached hydrogens (tertiary/aromatic N) is 3. The summed E-state index contributed by atoms with van der Waals surface area (Å²) in [5, 5.41) is 20.7. The minimum absolute atomic E-state index is 0.0371. The fourth-order valence-corrected chi connectivity index (χ4v) is 3.46. The van der Waals surface area contributed by atoms with Crippen molar-refractivity contribution in [3.63, 3.8) is 0 Å². The number of unbranched alkanes of at least 4 members (excludes halogenated alkanes) is 4. The summed E-state index contributed by atoms with van der Waals surface area (Å²) in [7, 11) is 0. The Morgan fingerprint density at radius 1 is 1.06 bits per heavy atom. The third kappa shape index (κ3) is 5.61. The van der Waals surface area contributed by atoms with Gasteiger partial charge in [0.2, 0.25) is 0 Å². The Bertz CT molecular complexity index is 1120. The van der Waals surface area contributed by atoms with Crippen molar-refractivity contribution >= 4 is 11.5 Å². The van der Waals surface area contributed by atoms with E-state index in [2.05, 4.69) is 18.0 Å². The van der Waals surface area contributed by atoms with Gasteiger partial charge in [0.25, 0.3) is 5.69 Å². The number of nitrogen functional groups attached to an aromatic ring is 1. The number of rotatable bonds is 10. The minimum Gasteiger partial charge on any atom is -0.494 e. The van der Waals surface area contributed by atoms with Crippen LogP contribution in [0.3, 0.4) is 0 Å². The van der Waals surface area contributed by atoms with Gasteiger partial charge in [-0.2, -0.15) is 5.26 Å². The van der Waals surface area contributed by atoms with E-state index >= 15 is 0 Å². The van der Waals surface area contributed by atoms with Crippen LogP contribution in [0.5, 0.6) is 5.75 Å². The Morgan fingerprint density at radius 3 is 2.50 bits per heavy atom. The van der Waals surface area contributed by atoms with Crippen molar-refractivity contribution in [3.05, 3.63) is 70.3 Å². The van der Waals surface area contributed by atoms with Crippen molar-refractivity contribution < 1.29 is 9.66 Å². The van der Waals surface area contributed by atoms with Gasteiger partial charge in [0, 0.05) is 23.3 Å². The van der Waals surface area contributed by atoms with E-state index in [4.69, 9.17) is 10.5 Å². The van der Waals surface area contributed by atoms with Crippen molar-refractivity contribution in [1.29, 1.82) is 5.26 Å². The number of nitriles is 1. The average Bonchev–Trinajstić information content (AvgIpc) is 2.81. The lowest BCUT2D eigenvalue weighted by Gasteiger charge is -2.11. The summed E-state index contributed by atoms with van der Waals surface area (Å²) in [6.45, 7) is 2.87. The molecule has 0 unspecified atom stereocenters. The summed E-state index contributed by atoms with van der Waals surface area (Å²) in [5.74, 6) is 0.850. The molecule has 3 aromatic rings. The molecule has 2 N–H and O–H groups in total. The lowest BCUT2D eigenvalue weighted by molar-refractivity contribution is -0.384. The van der Waals surface area contributed by atoms with Crippen LogP contribution >= 0.6 is 0 Å². The molecule has 164 valence electrons. The van der Waals surface area contributed by atoms with Gasteiger partial charge < -0.3 is 10.5 Å². The molecule has 0 saturated carbocycles. The maximum atomic E-state index is 11.1. The number of pyridine rings is 1. The highest BCUT2D eigenvalue weighted by molar-refractivity contribution is 5.80. The third-order valence-corrected chi connectivity index (χ3v) is 5.19. The van der Waals surface area contributed by atoms with Gasteiger partial charge in [-0.1, -0.05) is 56.9 Å². The van der Waals surface area contributed by atoms with Crippen molar-refractivity contribution in [2.45, 2.75) is 39.0 Å². The molecule has 0 atom stereocenters. The summed E-state index contributed by atoms with van der Waals surface area (Å²) in [5.41, 5.74) is 8.72. The molecule has 0 fully saturated rings. The summed E-state index contributed by atoms with van der Waals surface area (Å²) < 4.78 is 5.82. The fourth-order valence-electron chi connectivity index (χ4n) is 3.46. The second kappa shape index (κ2) is 10.9. The molecule has 3 rings (SSSR count). The molecule has 0 aliphatic heterocycles. The number of non-ortho nitro benzene ring substituents is 1. The molecule has 0 amide bonds. The number of aromatic nitrogens is 1. The van der Waals surface area contributed by atoms with Crippen LogP contribution in [0.4, 0.5) is 11.5 Å². The predicted molar refractivity (Wildman–Crippen MR) is 125 cm³/mol. The van der Waals surface area contributed by atoms with Gasteiger partial charge in [-0.3, -0.25) is 10.1 Å². The van der Waals surface area contributed by atoms with Crippen LogP contribution in [-0.4, -0.2) is 16.5 Å². The van der Waals surface area contributed by atoms with Crippen molar-refractivity contribution in [2.24, 2.45) is 0 Å². The number of nitro benzene ring substituents is 1. The number of hydrogen-bond acceptors (Lipinski definition) is 6. The second-order valence-corrected chi connectivity index (χ2v) is 7.52. The van der Waals surface area contributed by atoms with Crippen LogP contribution in [0, 0.1) is 21.4 Å². The molecule has 0 radical (unpaired) electrons. The van der Waals surface area contributed by atoms with Crippen LogP contribution in [0.2, 0.25) is 0 Å². The summed E-state index contributed by atoms with van der Waals surface area (Å²) in [6, 6.07) is 17.5. The van der Waals surface area contributed by atoms with Crippen molar-refractivity contribution in [3.8, 4) is 34.2 Å². The SMILES string of the molecule is CCCCCCCOc1ccc(-c2cc(-c3cccc([N+](=O)[O-])c3)nc(N)c2C#N)cc1. The fraction of sp³-hybridized carbons (Fsp3) is 0.280. The number of anilines is 1. The average molecular weight is 431 g/mol. The van der Waals surface area contributed by atoms with E-state index in [-0.39, 0.29) is 17.1 Å². The molecule has 0 saturated heterocycles. The predicted octanol–water partition coefficient (Wildman–Crippen LogP) is 6.13. The highest BCUT2D eigenvalue weighted by Gasteiger charge is 2.15. The number of nitrogens with two attached hydrogens (primary N) is 1. The second-order valence-electron chi connectivity index (χ2n) is 7.52. The Labute approximate surface area is 187 Å². The van der Waals surface area contributed by atoms with Gasteiger partial charge in [-0.05, 0) is 30.2 Å². The maximum absolute atomic E-state index is 11.1. The molecule has 0 aliphatic carbocycles. The third-order valence-electron chi connectivity index (χ3n) is 5.19. The zero-order chi connectivity index (χ0) is 22.9. The maximum Gasteiger partial charge on any atom is 0.270 e. The zero-order valence-corrected chi connectivity index (χ0v) is 18.1. The van der Waals surface area contributed by atoms with Gasteiger partial charge in [-0.25, -0.2) is 4.98 Å². The molecule has 0 spiro atoms. The molecular weight excluding hydrogens is 404 g/mol. The van der Waals surface area contributed by atoms with Crippen LogP contribution in [-0.2, 0) is 0 Å². The first-order valence-electron chi connectivity index (χ1n) is 10.7. The van der Waals surface area contributed by atoms with Gasteiger partial charge in [0.1, 0.15) is 23.2 Å². The molecular formula is C25H26N4O3. The standard InChI is InChI=1S/C25H26N4O3/c1-2-3-4-5-6-14-32-21-12-10-18(11-13-21)22-16-24(28-25(27)23(22)17-26)19-8-7-9-20(15-19)29(30)31/h7-13,15-16H,2-6,14H2,1H3,(H2,27,28). The first-order chi connectivity index (χ1) is 15.5. The van der Waals surface area contributed by atoms with Gasteiger partial charge >= 0.3 is 0 Å². The van der Waals surface area contributed by atoms with Crippen molar-refractivity contribution in [1.82, 2.24) is 4.98 Å². The Morgan fingerprint density at radius 2 is 1.81 bits per heavy atom. The highest BCUT2D eigenvalue weighted by Crippen LogP contribution is 2.33. The van der Waals surface area contributed by atoms with Gasteiger partial charge in [0.05, 0.1) is 17.2 Å². The van der Waals surface area contributed by atoms with E-state index < -0.39 is 4.92 Å². The van der Waals surface area contributed by atoms with E-state index in [1.165, 1.54) is 31.4 Å². The molecule has 1 heterocycles. The smallest absolute Gasteiger partial charge is 0.270 e. The number of nitro groups is 1. The molecule has 2 aromatic carbocycles. The van der Waals surface area contributed by atoms with Crippen LogP contribution in [0.25, 0.3) is 22.4 Å². The minimum atomic E-state index is -0.458. The summed E-state index contributed by atoms with van der Waals surface area (Å²) in [6.07, 6.45) is 5.88. The van der Waals surface area contributed by atoms with E-state index in [0.29, 0.717) is 23.4 Å². The molecule has 0 bridgehead atoms. The van der Waals surface area contributed by atoms with Gasteiger partial charge in [0.15, 0.2) is 0 Å². The molecule has 7 nitrogen and oxygen atoms in total. The Hall–Kier alpha value is -3.92. The topological polar surface area (TPSA) is 115 Å². The van der Waals surface area contributed by atoms with Crippen molar-refractivity contribution in [2.75, 3.05) is 12.3 Å². The molecule has 0 aliphatic rings. The first-order valence-corrected chi connectivity index (χ1v) is 10.7. The molecule has 1 aromatic heterocycles. The van der Waals surface area contributed by atoms with Crippen LogP contribution in [0.1, 0.15) is 44.6 Å². The Balaban J connectivity index is 1.83. The Kier molecular flexibility index (Phi) is 7.76. The summed E-state index contributed by atoms with van der Waals surface area (Å²) in [4.78, 5) is 15.0. The van der Waals surface area contributed by atoms with Crippen LogP contribution < -0.4 is 10.5 Å². The number of ether oxygens (including phenoxy) is 1. The molecule has 7 heteroatoms. The quantitative estimate of drug-likeness (QED) is 0.235. The molecule has 32 heavy (non-hydrogen) atoms.